The van der Waals surface area contributed by atoms with Crippen molar-refractivity contribution in [2.75, 3.05) is 29.9 Å². The van der Waals surface area contributed by atoms with Crippen LogP contribution in [0.4, 0.5) is 11.5 Å². The molecule has 6 heteroatoms. The van der Waals surface area contributed by atoms with E-state index in [1.807, 2.05) is 32.0 Å². The molecular formula is C24H31N4OP. The molecule has 5 nitrogen and oxygen atoms in total. The fraction of sp³-hybridized carbons (Fsp3) is 0.375. The fourth-order valence-corrected chi connectivity index (χ4v) is 4.16. The van der Waals surface area contributed by atoms with E-state index in [2.05, 4.69) is 55.5 Å². The SMILES string of the molecule is CC(=C/C=O)/N=C(/C)N(C)c1ccc(N2CCC(Cc3cccc(P)c3)CC2)nc1. The molecule has 0 spiro atoms. The summed E-state index contributed by atoms with van der Waals surface area (Å²) in [6.45, 7) is 5.83. The Morgan fingerprint density at radius 2 is 2.03 bits per heavy atom. The number of benzene rings is 1. The van der Waals surface area contributed by atoms with Crippen molar-refractivity contribution in [2.45, 2.75) is 33.1 Å². The van der Waals surface area contributed by atoms with E-state index in [9.17, 15) is 4.79 Å². The highest BCUT2D eigenvalue weighted by molar-refractivity contribution is 7.27. The zero-order chi connectivity index (χ0) is 21.5. The highest BCUT2D eigenvalue weighted by Gasteiger charge is 2.20. The van der Waals surface area contributed by atoms with Gasteiger partial charge in [-0.25, -0.2) is 9.98 Å². The second-order valence-electron chi connectivity index (χ2n) is 7.92. The molecule has 1 fully saturated rings. The predicted molar refractivity (Wildman–Crippen MR) is 130 cm³/mol. The minimum Gasteiger partial charge on any atom is -0.357 e. The zero-order valence-corrected chi connectivity index (χ0v) is 19.2. The number of hydrogen-bond acceptors (Lipinski definition) is 4. The first-order valence-corrected chi connectivity index (χ1v) is 11.0. The van der Waals surface area contributed by atoms with Gasteiger partial charge in [-0.1, -0.05) is 24.3 Å². The van der Waals surface area contributed by atoms with Crippen molar-refractivity contribution in [3.05, 3.63) is 59.9 Å². The molecule has 1 atom stereocenters. The largest absolute Gasteiger partial charge is 0.357 e. The Kier molecular flexibility index (Phi) is 7.75. The molecule has 30 heavy (non-hydrogen) atoms. The Labute approximate surface area is 182 Å². The molecule has 1 aromatic carbocycles. The number of allylic oxidation sites excluding steroid dienone is 2. The lowest BCUT2D eigenvalue weighted by atomic mass is 9.90. The van der Waals surface area contributed by atoms with Crippen LogP contribution in [0.2, 0.25) is 0 Å². The molecule has 2 aromatic rings. The number of aliphatic imine (C=N–C) groups is 1. The Balaban J connectivity index is 1.57. The van der Waals surface area contributed by atoms with Crippen molar-refractivity contribution in [2.24, 2.45) is 10.9 Å². The van der Waals surface area contributed by atoms with Crippen LogP contribution in [0.1, 0.15) is 32.3 Å². The molecule has 2 heterocycles. The minimum absolute atomic E-state index is 0.686. The fourth-order valence-electron chi connectivity index (χ4n) is 3.84. The van der Waals surface area contributed by atoms with Crippen molar-refractivity contribution in [3.63, 3.8) is 0 Å². The van der Waals surface area contributed by atoms with Gasteiger partial charge in [0.25, 0.3) is 0 Å². The van der Waals surface area contributed by atoms with Gasteiger partial charge in [0.1, 0.15) is 17.9 Å². The van der Waals surface area contributed by atoms with Gasteiger partial charge in [-0.15, -0.1) is 9.24 Å². The molecule has 0 saturated carbocycles. The number of carbonyl (C=O) groups excluding carboxylic acids is 1. The molecule has 3 rings (SSSR count). The Morgan fingerprint density at radius 3 is 2.67 bits per heavy atom. The second-order valence-corrected chi connectivity index (χ2v) is 8.58. The molecule has 0 radical (unpaired) electrons. The van der Waals surface area contributed by atoms with E-state index in [4.69, 9.17) is 4.98 Å². The lowest BCUT2D eigenvalue weighted by Crippen LogP contribution is -2.35. The van der Waals surface area contributed by atoms with E-state index in [0.29, 0.717) is 5.70 Å². The summed E-state index contributed by atoms with van der Waals surface area (Å²) in [6.07, 6.45) is 7.65. The summed E-state index contributed by atoms with van der Waals surface area (Å²) in [5.74, 6) is 2.58. The molecule has 1 aromatic heterocycles. The van der Waals surface area contributed by atoms with Crippen LogP contribution >= 0.6 is 9.24 Å². The van der Waals surface area contributed by atoms with Crippen molar-refractivity contribution in [1.82, 2.24) is 4.98 Å². The average Bonchev–Trinajstić information content (AvgIpc) is 2.74. The predicted octanol–water partition coefficient (Wildman–Crippen LogP) is 4.00. The Morgan fingerprint density at radius 1 is 1.27 bits per heavy atom. The van der Waals surface area contributed by atoms with E-state index >= 15 is 0 Å². The third-order valence-corrected chi connectivity index (χ3v) is 6.03. The highest BCUT2D eigenvalue weighted by atomic mass is 31.0. The van der Waals surface area contributed by atoms with Crippen LogP contribution in [0, 0.1) is 5.92 Å². The standard InChI is InChI=1S/C24H31N4OP/c1-18(11-14-29)26-19(2)27(3)22-7-8-24(25-17-22)28-12-9-20(10-13-28)15-21-5-4-6-23(30)16-21/h4-8,11,14,16-17,20H,9-10,12-13,15,30H2,1-3H3/b18-11-,26-19-. The molecule has 1 aliphatic heterocycles. The summed E-state index contributed by atoms with van der Waals surface area (Å²) in [6, 6.07) is 12.9. The molecule has 1 aliphatic rings. The summed E-state index contributed by atoms with van der Waals surface area (Å²) >= 11 is 0. The topological polar surface area (TPSA) is 48.8 Å². The third-order valence-electron chi connectivity index (χ3n) is 5.67. The van der Waals surface area contributed by atoms with Crippen molar-refractivity contribution < 1.29 is 4.79 Å². The van der Waals surface area contributed by atoms with Crippen molar-refractivity contribution in [3.8, 4) is 0 Å². The third kappa shape index (κ3) is 5.99. The van der Waals surface area contributed by atoms with Crippen LogP contribution in [0.5, 0.6) is 0 Å². The number of nitrogens with zero attached hydrogens (tertiary/aromatic N) is 4. The van der Waals surface area contributed by atoms with Crippen LogP contribution in [-0.2, 0) is 11.2 Å². The summed E-state index contributed by atoms with van der Waals surface area (Å²) in [5.41, 5.74) is 3.10. The van der Waals surface area contributed by atoms with Crippen molar-refractivity contribution >= 4 is 38.2 Å². The molecule has 0 bridgehead atoms. The first-order valence-electron chi connectivity index (χ1n) is 10.4. The van der Waals surface area contributed by atoms with Crippen molar-refractivity contribution in [1.29, 1.82) is 0 Å². The average molecular weight is 423 g/mol. The van der Waals surface area contributed by atoms with Crippen LogP contribution in [0.3, 0.4) is 0 Å². The molecule has 0 amide bonds. The quantitative estimate of drug-likeness (QED) is 0.232. The number of anilines is 2. The Bertz CT molecular complexity index is 915. The normalized spacial score (nSPS) is 15.9. The highest BCUT2D eigenvalue weighted by Crippen LogP contribution is 2.26. The smallest absolute Gasteiger partial charge is 0.144 e. The number of aldehydes is 1. The lowest BCUT2D eigenvalue weighted by Gasteiger charge is -2.33. The maximum Gasteiger partial charge on any atom is 0.144 e. The van der Waals surface area contributed by atoms with Crippen LogP contribution in [0.25, 0.3) is 0 Å². The van der Waals surface area contributed by atoms with E-state index in [1.54, 1.807) is 0 Å². The monoisotopic (exact) mass is 422 g/mol. The number of aromatic nitrogens is 1. The zero-order valence-electron chi connectivity index (χ0n) is 18.1. The van der Waals surface area contributed by atoms with Crippen LogP contribution in [0.15, 0.2) is 59.4 Å². The van der Waals surface area contributed by atoms with Gasteiger partial charge >= 0.3 is 0 Å². The maximum atomic E-state index is 10.6. The van der Waals surface area contributed by atoms with Gasteiger partial charge in [0, 0.05) is 25.8 Å². The van der Waals surface area contributed by atoms with E-state index in [1.165, 1.54) is 29.8 Å². The van der Waals surface area contributed by atoms with Gasteiger partial charge in [-0.05, 0) is 68.1 Å². The minimum atomic E-state index is 0.686. The molecule has 1 unspecified atom stereocenters. The Hall–Kier alpha value is -2.52. The number of hydrogen-bond donors (Lipinski definition) is 0. The molecule has 0 aliphatic carbocycles. The molecule has 1 saturated heterocycles. The molecular weight excluding hydrogens is 391 g/mol. The summed E-state index contributed by atoms with van der Waals surface area (Å²) in [7, 11) is 4.74. The van der Waals surface area contributed by atoms with Gasteiger partial charge in [-0.3, -0.25) is 4.79 Å². The number of piperidine rings is 1. The van der Waals surface area contributed by atoms with Gasteiger partial charge in [0.2, 0.25) is 0 Å². The number of carbonyl (C=O) groups is 1. The number of pyridine rings is 1. The van der Waals surface area contributed by atoms with Gasteiger partial charge in [0.15, 0.2) is 0 Å². The maximum absolute atomic E-state index is 10.6. The van der Waals surface area contributed by atoms with Crippen LogP contribution < -0.4 is 15.1 Å². The van der Waals surface area contributed by atoms with Gasteiger partial charge in [0.05, 0.1) is 11.9 Å². The summed E-state index contributed by atoms with van der Waals surface area (Å²) in [4.78, 5) is 24.1. The summed E-state index contributed by atoms with van der Waals surface area (Å²) in [5, 5.41) is 1.26. The first kappa shape index (κ1) is 22.2. The van der Waals surface area contributed by atoms with Gasteiger partial charge < -0.3 is 9.80 Å². The van der Waals surface area contributed by atoms with E-state index < -0.39 is 0 Å². The number of amidine groups is 1. The van der Waals surface area contributed by atoms with E-state index in [0.717, 1.165) is 49.1 Å². The lowest BCUT2D eigenvalue weighted by molar-refractivity contribution is -0.104. The first-order chi connectivity index (χ1) is 14.5. The molecule has 0 N–H and O–H groups in total. The van der Waals surface area contributed by atoms with Gasteiger partial charge in [-0.2, -0.15) is 0 Å². The van der Waals surface area contributed by atoms with Crippen LogP contribution in [-0.4, -0.2) is 37.2 Å². The number of rotatable bonds is 6. The van der Waals surface area contributed by atoms with E-state index in [-0.39, 0.29) is 0 Å². The summed E-state index contributed by atoms with van der Waals surface area (Å²) < 4.78 is 0. The second kappa shape index (κ2) is 10.5. The molecule has 158 valence electrons.